The van der Waals surface area contributed by atoms with Crippen molar-refractivity contribution in [2.75, 3.05) is 25.3 Å². The van der Waals surface area contributed by atoms with E-state index in [9.17, 15) is 19.7 Å². The van der Waals surface area contributed by atoms with Crippen LogP contribution < -0.4 is 4.90 Å². The van der Waals surface area contributed by atoms with Crippen molar-refractivity contribution in [3.8, 4) is 0 Å². The molecule has 0 N–H and O–H groups in total. The summed E-state index contributed by atoms with van der Waals surface area (Å²) < 4.78 is 11.2. The van der Waals surface area contributed by atoms with Gasteiger partial charge in [-0.2, -0.15) is 0 Å². The van der Waals surface area contributed by atoms with Gasteiger partial charge in [0.05, 0.1) is 22.2 Å². The summed E-state index contributed by atoms with van der Waals surface area (Å²) in [6.07, 6.45) is 1.41. The van der Waals surface area contributed by atoms with Crippen LogP contribution in [0.15, 0.2) is 47.5 Å². The summed E-state index contributed by atoms with van der Waals surface area (Å²) in [7, 11) is 1.42. The van der Waals surface area contributed by atoms with Crippen LogP contribution in [0.25, 0.3) is 0 Å². The first-order valence-corrected chi connectivity index (χ1v) is 11.7. The molecule has 1 spiro atoms. The van der Waals surface area contributed by atoms with Crippen LogP contribution >= 0.6 is 39.1 Å². The summed E-state index contributed by atoms with van der Waals surface area (Å²) in [4.78, 5) is 40.9. The lowest BCUT2D eigenvalue weighted by Crippen LogP contribution is -2.63. The molecule has 1 fully saturated rings. The zero-order valence-corrected chi connectivity index (χ0v) is 21.1. The number of amides is 1. The van der Waals surface area contributed by atoms with Gasteiger partial charge in [0, 0.05) is 34.7 Å². The molecule has 0 radical (unpaired) electrons. The number of fused-ring (bicyclic) bond motifs is 2. The number of nitro groups is 1. The largest absolute Gasteiger partial charge is 0.465 e. The molecule has 178 valence electrons. The van der Waals surface area contributed by atoms with Gasteiger partial charge in [0.2, 0.25) is 5.91 Å². The van der Waals surface area contributed by atoms with Gasteiger partial charge in [-0.15, -0.1) is 6.58 Å². The Hall–Kier alpha value is -2.46. The highest BCUT2D eigenvalue weighted by Gasteiger charge is 2.70. The molecule has 2 aliphatic heterocycles. The Morgan fingerprint density at radius 3 is 2.68 bits per heavy atom. The number of esters is 1. The number of carbonyl (C=O) groups excluding carboxylic acids is 2. The van der Waals surface area contributed by atoms with E-state index in [0.717, 1.165) is 0 Å². The van der Waals surface area contributed by atoms with Gasteiger partial charge < -0.3 is 9.47 Å². The molecule has 34 heavy (non-hydrogen) atoms. The highest BCUT2D eigenvalue weighted by Crippen LogP contribution is 2.61. The highest BCUT2D eigenvalue weighted by atomic mass is 79.9. The fraction of sp³-hybridized carbons (Fsp3) is 0.304. The highest BCUT2D eigenvalue weighted by molar-refractivity contribution is 9.10. The second-order valence-corrected chi connectivity index (χ2v) is 9.80. The van der Waals surface area contributed by atoms with Crippen LogP contribution in [0.2, 0.25) is 10.0 Å². The molecule has 8 nitrogen and oxygen atoms in total. The van der Waals surface area contributed by atoms with Crippen molar-refractivity contribution in [1.82, 2.24) is 0 Å². The van der Waals surface area contributed by atoms with Crippen molar-refractivity contribution < 1.29 is 24.0 Å². The SMILES string of the molecule is C=CC[C@]1(c2ccc(Br)cc2[N+](=O)[O-])C(=O)OCC[C@]12C(=O)N(COC)c1c(Cl)cc(Cl)cc12. The first-order chi connectivity index (χ1) is 16.1. The Balaban J connectivity index is 2.18. The second-order valence-electron chi connectivity index (χ2n) is 8.04. The van der Waals surface area contributed by atoms with Crippen molar-refractivity contribution in [2.45, 2.75) is 23.7 Å². The summed E-state index contributed by atoms with van der Waals surface area (Å²) in [5, 5.41) is 12.6. The fourth-order valence-corrected chi connectivity index (χ4v) is 6.21. The van der Waals surface area contributed by atoms with Gasteiger partial charge in [-0.3, -0.25) is 24.6 Å². The van der Waals surface area contributed by atoms with E-state index in [1.165, 1.54) is 36.3 Å². The van der Waals surface area contributed by atoms with Crippen molar-refractivity contribution in [2.24, 2.45) is 0 Å². The van der Waals surface area contributed by atoms with Crippen molar-refractivity contribution in [3.63, 3.8) is 0 Å². The molecule has 0 aromatic heterocycles. The first-order valence-electron chi connectivity index (χ1n) is 10.2. The number of benzene rings is 2. The molecule has 0 unspecified atom stereocenters. The lowest BCUT2D eigenvalue weighted by atomic mass is 9.53. The van der Waals surface area contributed by atoms with E-state index in [4.69, 9.17) is 32.7 Å². The molecule has 1 saturated heterocycles. The summed E-state index contributed by atoms with van der Waals surface area (Å²) in [5.74, 6) is -1.25. The minimum absolute atomic E-state index is 0.0416. The number of halogens is 3. The maximum Gasteiger partial charge on any atom is 0.318 e. The Morgan fingerprint density at radius 2 is 2.03 bits per heavy atom. The van der Waals surface area contributed by atoms with E-state index >= 15 is 0 Å². The number of nitro benzene ring substituents is 1. The predicted octanol–water partition coefficient (Wildman–Crippen LogP) is 5.31. The quantitative estimate of drug-likeness (QED) is 0.202. The number of anilines is 1. The number of rotatable bonds is 6. The predicted molar refractivity (Wildman–Crippen MR) is 130 cm³/mol. The van der Waals surface area contributed by atoms with Crippen LogP contribution in [0.1, 0.15) is 24.0 Å². The van der Waals surface area contributed by atoms with Crippen LogP contribution in [0.4, 0.5) is 11.4 Å². The van der Waals surface area contributed by atoms with Gasteiger partial charge >= 0.3 is 5.97 Å². The molecule has 0 saturated carbocycles. The maximum absolute atomic E-state index is 14.3. The molecule has 0 bridgehead atoms. The van der Waals surface area contributed by atoms with Gasteiger partial charge in [0.25, 0.3) is 5.69 Å². The Morgan fingerprint density at radius 1 is 1.29 bits per heavy atom. The van der Waals surface area contributed by atoms with E-state index in [2.05, 4.69) is 22.5 Å². The molecule has 2 aliphatic rings. The molecule has 1 amide bonds. The number of hydrogen-bond acceptors (Lipinski definition) is 6. The molecule has 11 heteroatoms. The van der Waals surface area contributed by atoms with Crippen LogP contribution in [0.5, 0.6) is 0 Å². The average molecular weight is 570 g/mol. The zero-order valence-electron chi connectivity index (χ0n) is 18.0. The van der Waals surface area contributed by atoms with Crippen LogP contribution in [-0.4, -0.2) is 37.2 Å². The Kier molecular flexibility index (Phi) is 6.50. The molecule has 2 aromatic rings. The van der Waals surface area contributed by atoms with Gasteiger partial charge in [-0.1, -0.05) is 45.2 Å². The smallest absolute Gasteiger partial charge is 0.318 e. The summed E-state index contributed by atoms with van der Waals surface area (Å²) in [6.45, 7) is 3.58. The van der Waals surface area contributed by atoms with E-state index in [-0.39, 0.29) is 47.5 Å². The lowest BCUT2D eigenvalue weighted by molar-refractivity contribution is -0.386. The minimum atomic E-state index is -1.81. The topological polar surface area (TPSA) is 99.0 Å². The van der Waals surface area contributed by atoms with Gasteiger partial charge in [0.15, 0.2) is 0 Å². The number of nitrogens with zero attached hydrogens (tertiary/aromatic N) is 2. The summed E-state index contributed by atoms with van der Waals surface area (Å²) >= 11 is 16.2. The number of hydrogen-bond donors (Lipinski definition) is 0. The monoisotopic (exact) mass is 568 g/mol. The number of ether oxygens (including phenoxy) is 2. The third-order valence-electron chi connectivity index (χ3n) is 6.48. The third kappa shape index (κ3) is 3.29. The lowest BCUT2D eigenvalue weighted by Gasteiger charge is -2.48. The molecule has 2 aromatic carbocycles. The average Bonchev–Trinajstić information content (AvgIpc) is 3.00. The standard InChI is InChI=1S/C23H19BrCl2N2O6/c1-3-6-23(15-5-4-13(24)9-18(15)28(31)32)21(30)34-8-7-22(23)16-10-14(25)11-17(26)19(16)27(12-33-2)20(22)29/h3-5,9-11H,1,6-8,12H2,2H3/t22-,23-/m0/s1. The normalized spacial score (nSPS) is 23.7. The Labute approximate surface area is 213 Å². The number of carbonyl (C=O) groups is 2. The van der Waals surface area contributed by atoms with Crippen molar-refractivity contribution in [1.29, 1.82) is 0 Å². The third-order valence-corrected chi connectivity index (χ3v) is 7.48. The van der Waals surface area contributed by atoms with Crippen LogP contribution in [0, 0.1) is 10.1 Å². The van der Waals surface area contributed by atoms with Crippen LogP contribution in [0.3, 0.4) is 0 Å². The van der Waals surface area contributed by atoms with E-state index < -0.39 is 27.6 Å². The van der Waals surface area contributed by atoms with Gasteiger partial charge in [0.1, 0.15) is 17.6 Å². The van der Waals surface area contributed by atoms with E-state index in [1.54, 1.807) is 12.1 Å². The molecular weight excluding hydrogens is 551 g/mol. The summed E-state index contributed by atoms with van der Waals surface area (Å²) in [6, 6.07) is 7.43. The Bertz CT molecular complexity index is 1240. The number of allylic oxidation sites excluding steroid dienone is 1. The van der Waals surface area contributed by atoms with Crippen molar-refractivity contribution >= 4 is 62.4 Å². The first kappa shape index (κ1) is 24.7. The van der Waals surface area contributed by atoms with E-state index in [1.807, 2.05) is 0 Å². The number of methoxy groups -OCH3 is 1. The van der Waals surface area contributed by atoms with Gasteiger partial charge in [-0.25, -0.2) is 0 Å². The van der Waals surface area contributed by atoms with E-state index in [0.29, 0.717) is 15.7 Å². The summed E-state index contributed by atoms with van der Waals surface area (Å²) in [5.41, 5.74) is -2.96. The second kappa shape index (κ2) is 8.96. The fourth-order valence-electron chi connectivity index (χ4n) is 5.27. The van der Waals surface area contributed by atoms with Crippen molar-refractivity contribution in [3.05, 3.63) is 78.7 Å². The molecular formula is C23H19BrCl2N2O6. The molecule has 2 heterocycles. The molecule has 4 rings (SSSR count). The van der Waals surface area contributed by atoms with Crippen LogP contribution in [-0.2, 0) is 29.9 Å². The van der Waals surface area contributed by atoms with Gasteiger partial charge in [-0.05, 0) is 36.2 Å². The maximum atomic E-state index is 14.3. The molecule has 2 atom stereocenters. The zero-order chi connectivity index (χ0) is 24.8. The minimum Gasteiger partial charge on any atom is -0.465 e. The number of cyclic esters (lactones) is 1. The molecule has 0 aliphatic carbocycles.